The van der Waals surface area contributed by atoms with Crippen LogP contribution in [0, 0.1) is 5.92 Å². The molecule has 0 aromatic heterocycles. The molecule has 1 N–H and O–H groups in total. The van der Waals surface area contributed by atoms with Crippen molar-refractivity contribution in [2.24, 2.45) is 5.92 Å². The Morgan fingerprint density at radius 1 is 1.53 bits per heavy atom. The number of likely N-dealkylation sites (tertiary alicyclic amines) is 1. The van der Waals surface area contributed by atoms with Crippen LogP contribution in [0.2, 0.25) is 5.02 Å². The third-order valence-corrected chi connectivity index (χ3v) is 4.70. The van der Waals surface area contributed by atoms with E-state index in [1.165, 1.54) is 4.90 Å². The molecule has 1 aliphatic rings. The largest absolute Gasteiger partial charge is 0.481 e. The van der Waals surface area contributed by atoms with Gasteiger partial charge in [-0.1, -0.05) is 17.7 Å². The highest BCUT2D eigenvalue weighted by Crippen LogP contribution is 2.37. The zero-order chi connectivity index (χ0) is 14.2. The van der Waals surface area contributed by atoms with Crippen molar-refractivity contribution in [3.8, 4) is 0 Å². The first-order chi connectivity index (χ1) is 8.91. The molecule has 1 saturated heterocycles. The Morgan fingerprint density at radius 3 is 2.79 bits per heavy atom. The molecule has 2 unspecified atom stereocenters. The zero-order valence-corrected chi connectivity index (χ0v) is 12.6. The van der Waals surface area contributed by atoms with Crippen LogP contribution in [-0.2, 0) is 9.59 Å². The highest BCUT2D eigenvalue weighted by Gasteiger charge is 2.38. The van der Waals surface area contributed by atoms with E-state index < -0.39 is 17.9 Å². The Labute approximate surface area is 124 Å². The third kappa shape index (κ3) is 2.77. The van der Waals surface area contributed by atoms with E-state index in [9.17, 15) is 14.7 Å². The van der Waals surface area contributed by atoms with E-state index in [1.807, 2.05) is 0 Å². The molecule has 1 aromatic carbocycles. The standard InChI is InChI=1S/C13H13BrClNO3/c1-16-11(17)5-3-8(13(18)19)12(16)7-2-4-9(14)10(15)6-7/h2,4,6,8,12H,3,5H2,1H3,(H,18,19). The van der Waals surface area contributed by atoms with Gasteiger partial charge in [0.15, 0.2) is 0 Å². The van der Waals surface area contributed by atoms with Crippen molar-refractivity contribution in [1.29, 1.82) is 0 Å². The summed E-state index contributed by atoms with van der Waals surface area (Å²) in [6.45, 7) is 0. The van der Waals surface area contributed by atoms with E-state index in [1.54, 1.807) is 25.2 Å². The number of carboxylic acid groups (broad SMARTS) is 1. The van der Waals surface area contributed by atoms with Crippen LogP contribution in [0.3, 0.4) is 0 Å². The van der Waals surface area contributed by atoms with E-state index in [0.29, 0.717) is 11.4 Å². The molecule has 1 fully saturated rings. The summed E-state index contributed by atoms with van der Waals surface area (Å²) in [4.78, 5) is 24.7. The Balaban J connectivity index is 2.43. The van der Waals surface area contributed by atoms with Gasteiger partial charge in [-0.3, -0.25) is 9.59 Å². The molecule has 19 heavy (non-hydrogen) atoms. The summed E-state index contributed by atoms with van der Waals surface area (Å²) in [6, 6.07) is 4.81. The molecule has 102 valence electrons. The Hall–Kier alpha value is -1.07. The van der Waals surface area contributed by atoms with E-state index in [-0.39, 0.29) is 12.3 Å². The van der Waals surface area contributed by atoms with Gasteiger partial charge in [0.25, 0.3) is 0 Å². The lowest BCUT2D eigenvalue weighted by Crippen LogP contribution is -2.43. The molecule has 1 aliphatic heterocycles. The summed E-state index contributed by atoms with van der Waals surface area (Å²) in [5, 5.41) is 9.83. The number of rotatable bonds is 2. The third-order valence-electron chi connectivity index (χ3n) is 3.46. The molecule has 2 rings (SSSR count). The molecular formula is C13H13BrClNO3. The van der Waals surface area contributed by atoms with Gasteiger partial charge in [-0.2, -0.15) is 0 Å². The minimum absolute atomic E-state index is 0.0402. The average Bonchev–Trinajstić information content (AvgIpc) is 2.35. The molecule has 0 spiro atoms. The monoisotopic (exact) mass is 345 g/mol. The van der Waals surface area contributed by atoms with E-state index in [0.717, 1.165) is 10.0 Å². The van der Waals surface area contributed by atoms with Gasteiger partial charge in [-0.25, -0.2) is 0 Å². The molecule has 0 aliphatic carbocycles. The number of carbonyl (C=O) groups excluding carboxylic acids is 1. The van der Waals surface area contributed by atoms with Crippen LogP contribution >= 0.6 is 27.5 Å². The van der Waals surface area contributed by atoms with Crippen LogP contribution in [0.4, 0.5) is 0 Å². The number of nitrogens with zero attached hydrogens (tertiary/aromatic N) is 1. The van der Waals surface area contributed by atoms with Gasteiger partial charge in [-0.05, 0) is 40.0 Å². The normalized spacial score (nSPS) is 23.5. The molecule has 0 bridgehead atoms. The van der Waals surface area contributed by atoms with Crippen molar-refractivity contribution in [3.63, 3.8) is 0 Å². The fourth-order valence-electron chi connectivity index (χ4n) is 2.45. The number of carboxylic acids is 1. The lowest BCUT2D eigenvalue weighted by Gasteiger charge is -2.37. The maximum atomic E-state index is 11.8. The van der Waals surface area contributed by atoms with Crippen molar-refractivity contribution in [2.45, 2.75) is 18.9 Å². The summed E-state index contributed by atoms with van der Waals surface area (Å²) in [6.07, 6.45) is 0.630. The SMILES string of the molecule is CN1C(=O)CCC(C(=O)O)C1c1ccc(Br)c(Cl)c1. The smallest absolute Gasteiger partial charge is 0.308 e. The number of halogens is 2. The van der Waals surface area contributed by atoms with Gasteiger partial charge < -0.3 is 10.0 Å². The highest BCUT2D eigenvalue weighted by molar-refractivity contribution is 9.10. The van der Waals surface area contributed by atoms with Gasteiger partial charge in [0.2, 0.25) is 5.91 Å². The molecule has 0 radical (unpaired) electrons. The molecule has 2 atom stereocenters. The van der Waals surface area contributed by atoms with Crippen LogP contribution in [0.25, 0.3) is 0 Å². The molecule has 0 saturated carbocycles. The number of carbonyl (C=O) groups is 2. The quantitative estimate of drug-likeness (QED) is 0.895. The summed E-state index contributed by atoms with van der Waals surface area (Å²) < 4.78 is 0.745. The fourth-order valence-corrected chi connectivity index (χ4v) is 2.88. The lowest BCUT2D eigenvalue weighted by molar-refractivity contribution is -0.150. The second kappa shape index (κ2) is 5.51. The minimum atomic E-state index is -0.886. The van der Waals surface area contributed by atoms with Gasteiger partial charge in [0, 0.05) is 17.9 Å². The maximum Gasteiger partial charge on any atom is 0.308 e. The number of hydrogen-bond acceptors (Lipinski definition) is 2. The van der Waals surface area contributed by atoms with Crippen molar-refractivity contribution in [2.75, 3.05) is 7.05 Å². The van der Waals surface area contributed by atoms with Crippen LogP contribution in [0.1, 0.15) is 24.4 Å². The van der Waals surface area contributed by atoms with Crippen LogP contribution in [-0.4, -0.2) is 28.9 Å². The number of hydrogen-bond donors (Lipinski definition) is 1. The van der Waals surface area contributed by atoms with Gasteiger partial charge >= 0.3 is 5.97 Å². The van der Waals surface area contributed by atoms with E-state index in [2.05, 4.69) is 15.9 Å². The van der Waals surface area contributed by atoms with Crippen molar-refractivity contribution >= 4 is 39.4 Å². The number of amides is 1. The van der Waals surface area contributed by atoms with E-state index in [4.69, 9.17) is 11.6 Å². The minimum Gasteiger partial charge on any atom is -0.481 e. The summed E-state index contributed by atoms with van der Waals surface area (Å²) in [5.41, 5.74) is 0.746. The molecule has 6 heteroatoms. The van der Waals surface area contributed by atoms with Crippen LogP contribution in [0.5, 0.6) is 0 Å². The van der Waals surface area contributed by atoms with E-state index >= 15 is 0 Å². The number of aliphatic carboxylic acids is 1. The first-order valence-corrected chi connectivity index (χ1v) is 7.02. The van der Waals surface area contributed by atoms with Gasteiger partial charge in [0.1, 0.15) is 0 Å². The predicted octanol–water partition coefficient (Wildman–Crippen LogP) is 3.10. The molecule has 1 aromatic rings. The van der Waals surface area contributed by atoms with Crippen molar-refractivity contribution in [3.05, 3.63) is 33.3 Å². The summed E-state index contributed by atoms with van der Waals surface area (Å²) in [5.74, 6) is -1.52. The summed E-state index contributed by atoms with van der Waals surface area (Å²) in [7, 11) is 1.64. The predicted molar refractivity (Wildman–Crippen MR) is 75.0 cm³/mol. The maximum absolute atomic E-state index is 11.8. The average molecular weight is 347 g/mol. The molecular weight excluding hydrogens is 334 g/mol. The number of piperidine rings is 1. The second-order valence-corrected chi connectivity index (χ2v) is 5.87. The van der Waals surface area contributed by atoms with Crippen LogP contribution in [0.15, 0.2) is 22.7 Å². The van der Waals surface area contributed by atoms with Crippen LogP contribution < -0.4 is 0 Å². The lowest BCUT2D eigenvalue weighted by atomic mass is 9.85. The Morgan fingerprint density at radius 2 is 2.21 bits per heavy atom. The zero-order valence-electron chi connectivity index (χ0n) is 10.3. The fraction of sp³-hybridized carbons (Fsp3) is 0.385. The van der Waals surface area contributed by atoms with Crippen molar-refractivity contribution in [1.82, 2.24) is 4.90 Å². The van der Waals surface area contributed by atoms with Gasteiger partial charge in [0.05, 0.1) is 17.0 Å². The Bertz CT molecular complexity index is 535. The Kier molecular flexibility index (Phi) is 4.16. The topological polar surface area (TPSA) is 57.6 Å². The molecule has 4 nitrogen and oxygen atoms in total. The van der Waals surface area contributed by atoms with Crippen molar-refractivity contribution < 1.29 is 14.7 Å². The van der Waals surface area contributed by atoms with Gasteiger partial charge in [-0.15, -0.1) is 0 Å². The first kappa shape index (κ1) is 14.3. The number of benzene rings is 1. The molecule has 1 heterocycles. The highest BCUT2D eigenvalue weighted by atomic mass is 79.9. The first-order valence-electron chi connectivity index (χ1n) is 5.85. The summed E-state index contributed by atoms with van der Waals surface area (Å²) >= 11 is 9.34. The second-order valence-electron chi connectivity index (χ2n) is 4.61. The molecule has 1 amide bonds.